The van der Waals surface area contributed by atoms with Crippen LogP contribution in [0.15, 0.2) is 51.7 Å². The lowest BCUT2D eigenvalue weighted by Gasteiger charge is -2.16. The number of hydrogen-bond acceptors (Lipinski definition) is 9. The molecule has 0 aliphatic rings. The van der Waals surface area contributed by atoms with Gasteiger partial charge in [0.1, 0.15) is 53.1 Å². The van der Waals surface area contributed by atoms with Gasteiger partial charge >= 0.3 is 5.97 Å². The van der Waals surface area contributed by atoms with Gasteiger partial charge in [0.05, 0.1) is 6.61 Å². The first-order chi connectivity index (χ1) is 15.3. The molecule has 3 rings (SSSR count). The Morgan fingerprint density at radius 1 is 1.06 bits per heavy atom. The molecule has 0 saturated carbocycles. The second kappa shape index (κ2) is 9.97. The largest absolute Gasteiger partial charge is 0.507 e. The Morgan fingerprint density at radius 2 is 1.72 bits per heavy atom. The molecule has 0 amide bonds. The minimum absolute atomic E-state index is 0.0182. The van der Waals surface area contributed by atoms with Gasteiger partial charge in [-0.25, -0.2) is 4.79 Å². The lowest BCUT2D eigenvalue weighted by molar-refractivity contribution is 0.0490. The van der Waals surface area contributed by atoms with Crippen LogP contribution in [0, 0.1) is 0 Å². The highest BCUT2D eigenvalue weighted by Crippen LogP contribution is 2.28. The lowest BCUT2D eigenvalue weighted by Crippen LogP contribution is -2.25. The molecule has 3 aromatic rings. The van der Waals surface area contributed by atoms with Gasteiger partial charge in [-0.05, 0) is 38.1 Å². The van der Waals surface area contributed by atoms with Crippen molar-refractivity contribution < 1.29 is 38.4 Å². The molecule has 0 radical (unpaired) electrons. The summed E-state index contributed by atoms with van der Waals surface area (Å²) in [4.78, 5) is 36.1. The Bertz CT molecular complexity index is 1200. The molecule has 1 unspecified atom stereocenters. The summed E-state index contributed by atoms with van der Waals surface area (Å²) in [5, 5.41) is 20.2. The van der Waals surface area contributed by atoms with Gasteiger partial charge in [0, 0.05) is 6.07 Å². The molecule has 0 aliphatic carbocycles. The fourth-order valence-electron chi connectivity index (χ4n) is 3.01. The number of rotatable bonds is 9. The summed E-state index contributed by atoms with van der Waals surface area (Å²) in [6.45, 7) is 2.61. The van der Waals surface area contributed by atoms with Crippen molar-refractivity contribution >= 4 is 22.7 Å². The molecule has 1 atom stereocenters. The van der Waals surface area contributed by atoms with Gasteiger partial charge in [0.25, 0.3) is 0 Å². The van der Waals surface area contributed by atoms with Crippen molar-refractivity contribution in [1.29, 1.82) is 0 Å². The van der Waals surface area contributed by atoms with Crippen molar-refractivity contribution in [1.82, 2.24) is 0 Å². The number of ether oxygens (including phenoxy) is 3. The molecule has 0 spiro atoms. The molecule has 1 heterocycles. The monoisotopic (exact) mass is 442 g/mol. The number of fused-ring (bicyclic) bond motifs is 1. The van der Waals surface area contributed by atoms with Crippen LogP contribution in [0.4, 0.5) is 0 Å². The number of ketones is 1. The number of aliphatic hydroxyl groups excluding tert-OH is 1. The van der Waals surface area contributed by atoms with Crippen molar-refractivity contribution in [3.05, 3.63) is 64.0 Å². The molecule has 168 valence electrons. The molecule has 0 fully saturated rings. The highest BCUT2D eigenvalue weighted by molar-refractivity contribution is 5.99. The van der Waals surface area contributed by atoms with Crippen LogP contribution in [0.25, 0.3) is 11.0 Å². The van der Waals surface area contributed by atoms with Crippen LogP contribution in [0.1, 0.15) is 34.8 Å². The molecule has 0 saturated heterocycles. The summed E-state index contributed by atoms with van der Waals surface area (Å²) in [5.74, 6) is -1.27. The van der Waals surface area contributed by atoms with E-state index in [1.807, 2.05) is 0 Å². The first-order valence-electron chi connectivity index (χ1n) is 9.82. The number of esters is 1. The van der Waals surface area contributed by atoms with Gasteiger partial charge in [-0.3, -0.25) is 9.59 Å². The maximum atomic E-state index is 12.5. The van der Waals surface area contributed by atoms with E-state index in [1.54, 1.807) is 13.0 Å². The van der Waals surface area contributed by atoms with E-state index in [9.17, 15) is 24.6 Å². The van der Waals surface area contributed by atoms with Gasteiger partial charge in [-0.1, -0.05) is 12.1 Å². The fraction of sp³-hybridized carbons (Fsp3) is 0.261. The number of benzene rings is 2. The normalized spacial score (nSPS) is 11.7. The molecule has 2 N–H and O–H groups in total. The number of carbonyl (C=O) groups is 2. The van der Waals surface area contributed by atoms with E-state index in [-0.39, 0.29) is 65.1 Å². The van der Waals surface area contributed by atoms with Crippen LogP contribution in [-0.4, -0.2) is 47.9 Å². The van der Waals surface area contributed by atoms with Crippen LogP contribution < -0.4 is 14.9 Å². The zero-order valence-electron chi connectivity index (χ0n) is 17.5. The Labute approximate surface area is 182 Å². The molecule has 1 aromatic heterocycles. The van der Waals surface area contributed by atoms with E-state index in [1.165, 1.54) is 37.3 Å². The zero-order chi connectivity index (χ0) is 23.3. The van der Waals surface area contributed by atoms with Crippen LogP contribution >= 0.6 is 0 Å². The summed E-state index contributed by atoms with van der Waals surface area (Å²) in [5.41, 5.74) is -0.346. The van der Waals surface area contributed by atoms with Gasteiger partial charge in [-0.15, -0.1) is 0 Å². The highest BCUT2D eigenvalue weighted by Gasteiger charge is 2.18. The van der Waals surface area contributed by atoms with Crippen LogP contribution in [-0.2, 0) is 4.74 Å². The number of phenolic OH excluding ortho intramolecular Hbond substituents is 1. The molecule has 32 heavy (non-hydrogen) atoms. The molecule has 2 aromatic carbocycles. The second-order valence-corrected chi connectivity index (χ2v) is 6.81. The van der Waals surface area contributed by atoms with Gasteiger partial charge in [-0.2, -0.15) is 0 Å². The topological polar surface area (TPSA) is 132 Å². The summed E-state index contributed by atoms with van der Waals surface area (Å²) in [7, 11) is 0. The fourth-order valence-corrected chi connectivity index (χ4v) is 3.01. The summed E-state index contributed by atoms with van der Waals surface area (Å²) >= 11 is 0. The van der Waals surface area contributed by atoms with Crippen molar-refractivity contribution in [3.8, 4) is 17.2 Å². The molecular formula is C23H22O9. The molecule has 0 aliphatic heterocycles. The number of aliphatic hydroxyl groups is 1. The van der Waals surface area contributed by atoms with Crippen molar-refractivity contribution in [2.75, 3.05) is 19.8 Å². The van der Waals surface area contributed by atoms with Crippen LogP contribution in [0.3, 0.4) is 0 Å². The second-order valence-electron chi connectivity index (χ2n) is 6.81. The van der Waals surface area contributed by atoms with Crippen molar-refractivity contribution in [3.63, 3.8) is 0 Å². The predicted molar refractivity (Wildman–Crippen MR) is 114 cm³/mol. The molecular weight excluding hydrogens is 420 g/mol. The van der Waals surface area contributed by atoms with E-state index in [0.29, 0.717) is 0 Å². The van der Waals surface area contributed by atoms with E-state index in [4.69, 9.17) is 18.6 Å². The standard InChI is InChI=1S/C23H22O9/c1-3-29-23(28)20-10-16(27)22-18(8-5-9-19(22)32-20)31-12-14(25)11-30-17-7-4-6-15(26)21(17)13(2)24/h4-10,14,25-26H,3,11-12H2,1-2H3. The van der Waals surface area contributed by atoms with Crippen molar-refractivity contribution in [2.24, 2.45) is 0 Å². The molecule has 0 bridgehead atoms. The first kappa shape index (κ1) is 22.8. The Hall–Kier alpha value is -3.85. The van der Waals surface area contributed by atoms with Gasteiger partial charge < -0.3 is 28.8 Å². The third-order valence-corrected chi connectivity index (χ3v) is 4.41. The Morgan fingerprint density at radius 3 is 2.41 bits per heavy atom. The predicted octanol–water partition coefficient (Wildman–Crippen LogP) is 2.70. The highest BCUT2D eigenvalue weighted by atomic mass is 16.5. The Kier molecular flexibility index (Phi) is 7.11. The van der Waals surface area contributed by atoms with Crippen LogP contribution in [0.5, 0.6) is 17.2 Å². The van der Waals surface area contributed by atoms with Crippen molar-refractivity contribution in [2.45, 2.75) is 20.0 Å². The van der Waals surface area contributed by atoms with E-state index < -0.39 is 17.5 Å². The minimum atomic E-state index is -1.11. The van der Waals surface area contributed by atoms with E-state index >= 15 is 0 Å². The number of carbonyl (C=O) groups excluding carboxylic acids is 2. The maximum absolute atomic E-state index is 12.5. The first-order valence-corrected chi connectivity index (χ1v) is 9.82. The lowest BCUT2D eigenvalue weighted by atomic mass is 10.1. The molecule has 9 heteroatoms. The summed E-state index contributed by atoms with van der Waals surface area (Å²) in [6, 6.07) is 10.0. The van der Waals surface area contributed by atoms with E-state index in [0.717, 1.165) is 6.07 Å². The molecule has 9 nitrogen and oxygen atoms in total. The summed E-state index contributed by atoms with van der Waals surface area (Å²) in [6.07, 6.45) is -1.11. The van der Waals surface area contributed by atoms with Gasteiger partial charge in [0.2, 0.25) is 5.76 Å². The van der Waals surface area contributed by atoms with Crippen LogP contribution in [0.2, 0.25) is 0 Å². The maximum Gasteiger partial charge on any atom is 0.374 e. The number of phenols is 1. The Balaban J connectivity index is 1.71. The quantitative estimate of drug-likeness (QED) is 0.379. The van der Waals surface area contributed by atoms with E-state index in [2.05, 4.69) is 0 Å². The number of Topliss-reactive ketones (excluding diaryl/α,β-unsaturated/α-hetero) is 1. The SMILES string of the molecule is CCOC(=O)c1cc(=O)c2c(OCC(O)COc3cccc(O)c3C(C)=O)cccc2o1. The third kappa shape index (κ3) is 5.06. The number of aromatic hydroxyl groups is 1. The summed E-state index contributed by atoms with van der Waals surface area (Å²) < 4.78 is 21.3. The average molecular weight is 442 g/mol. The minimum Gasteiger partial charge on any atom is -0.507 e. The zero-order valence-corrected chi connectivity index (χ0v) is 17.5. The van der Waals surface area contributed by atoms with Gasteiger partial charge in [0.15, 0.2) is 11.2 Å². The average Bonchev–Trinajstić information content (AvgIpc) is 2.75. The number of hydrogen-bond donors (Lipinski definition) is 2. The smallest absolute Gasteiger partial charge is 0.374 e. The third-order valence-electron chi connectivity index (χ3n) is 4.41.